The van der Waals surface area contributed by atoms with Crippen LogP contribution in [0, 0.1) is 17.3 Å². The number of aliphatic hydroxyl groups excluding tert-OH is 1. The molecule has 1 heterocycles. The van der Waals surface area contributed by atoms with E-state index in [9.17, 15) is 5.11 Å². The van der Waals surface area contributed by atoms with Crippen molar-refractivity contribution in [1.29, 1.82) is 0 Å². The normalized spacial score (nSPS) is 27.1. The molecular formula is C16H26O2. The predicted octanol–water partition coefficient (Wildman–Crippen LogP) is 4.04. The fourth-order valence-corrected chi connectivity index (χ4v) is 3.17. The molecule has 1 fully saturated rings. The van der Waals surface area contributed by atoms with Crippen LogP contribution in [0.3, 0.4) is 0 Å². The van der Waals surface area contributed by atoms with Gasteiger partial charge in [0.25, 0.3) is 0 Å². The molecule has 0 spiro atoms. The number of hydrogen-bond donors (Lipinski definition) is 1. The lowest BCUT2D eigenvalue weighted by atomic mass is 9.68. The zero-order valence-corrected chi connectivity index (χ0v) is 11.9. The summed E-state index contributed by atoms with van der Waals surface area (Å²) in [5.41, 5.74) is 0.414. The minimum atomic E-state index is -0.239. The van der Waals surface area contributed by atoms with Crippen LogP contribution in [0.1, 0.15) is 52.2 Å². The van der Waals surface area contributed by atoms with E-state index in [0.29, 0.717) is 17.8 Å². The van der Waals surface area contributed by atoms with Crippen LogP contribution in [0.5, 0.6) is 0 Å². The molecule has 1 aromatic rings. The Hall–Kier alpha value is -0.760. The quantitative estimate of drug-likeness (QED) is 0.878. The molecular weight excluding hydrogens is 224 g/mol. The van der Waals surface area contributed by atoms with E-state index in [4.69, 9.17) is 4.42 Å². The Bertz CT molecular complexity index is 340. The molecule has 2 heteroatoms. The largest absolute Gasteiger partial charge is 0.469 e. The molecule has 1 aromatic heterocycles. The van der Waals surface area contributed by atoms with Crippen LogP contribution in [-0.2, 0) is 6.42 Å². The first-order valence-electron chi connectivity index (χ1n) is 7.17. The highest BCUT2D eigenvalue weighted by Crippen LogP contribution is 2.40. The van der Waals surface area contributed by atoms with E-state index < -0.39 is 0 Å². The third kappa shape index (κ3) is 3.38. The zero-order valence-electron chi connectivity index (χ0n) is 11.9. The first-order chi connectivity index (χ1) is 8.47. The first kappa shape index (κ1) is 13.7. The fourth-order valence-electron chi connectivity index (χ4n) is 3.17. The second-order valence-electron chi connectivity index (χ2n) is 6.83. The van der Waals surface area contributed by atoms with E-state index in [1.165, 1.54) is 12.8 Å². The molecule has 2 rings (SSSR count). The third-order valence-electron chi connectivity index (χ3n) is 4.53. The highest BCUT2D eigenvalue weighted by molar-refractivity contribution is 5.00. The van der Waals surface area contributed by atoms with Crippen molar-refractivity contribution in [3.05, 3.63) is 24.2 Å². The van der Waals surface area contributed by atoms with Gasteiger partial charge in [-0.05, 0) is 55.1 Å². The SMILES string of the molecule is CC(C)(C)C1CCC(C(O)Cc2ccco2)CC1. The van der Waals surface area contributed by atoms with E-state index in [-0.39, 0.29) is 6.10 Å². The maximum Gasteiger partial charge on any atom is 0.106 e. The van der Waals surface area contributed by atoms with Gasteiger partial charge in [-0.15, -0.1) is 0 Å². The topological polar surface area (TPSA) is 33.4 Å². The second kappa shape index (κ2) is 5.48. The van der Waals surface area contributed by atoms with Gasteiger partial charge in [0.15, 0.2) is 0 Å². The van der Waals surface area contributed by atoms with Gasteiger partial charge in [-0.2, -0.15) is 0 Å². The van der Waals surface area contributed by atoms with Crippen molar-refractivity contribution in [2.24, 2.45) is 17.3 Å². The molecule has 1 atom stereocenters. The molecule has 2 nitrogen and oxygen atoms in total. The average Bonchev–Trinajstić information content (AvgIpc) is 2.81. The van der Waals surface area contributed by atoms with Gasteiger partial charge in [-0.1, -0.05) is 20.8 Å². The molecule has 1 aliphatic carbocycles. The first-order valence-corrected chi connectivity index (χ1v) is 7.17. The number of aliphatic hydroxyl groups is 1. The molecule has 1 N–H and O–H groups in total. The summed E-state index contributed by atoms with van der Waals surface area (Å²) in [7, 11) is 0. The predicted molar refractivity (Wildman–Crippen MR) is 73.3 cm³/mol. The third-order valence-corrected chi connectivity index (χ3v) is 4.53. The Morgan fingerprint density at radius 2 is 1.94 bits per heavy atom. The Morgan fingerprint density at radius 3 is 2.44 bits per heavy atom. The summed E-state index contributed by atoms with van der Waals surface area (Å²) in [5, 5.41) is 10.3. The van der Waals surface area contributed by atoms with Crippen molar-refractivity contribution in [3.63, 3.8) is 0 Å². The van der Waals surface area contributed by atoms with Crippen LogP contribution in [0.4, 0.5) is 0 Å². The molecule has 102 valence electrons. The van der Waals surface area contributed by atoms with Crippen molar-refractivity contribution in [2.75, 3.05) is 0 Å². The summed E-state index contributed by atoms with van der Waals surface area (Å²) in [6.45, 7) is 6.99. The van der Waals surface area contributed by atoms with E-state index in [1.54, 1.807) is 6.26 Å². The lowest BCUT2D eigenvalue weighted by Crippen LogP contribution is -2.31. The standard InChI is InChI=1S/C16H26O2/c1-16(2,3)13-8-6-12(7-9-13)15(17)11-14-5-4-10-18-14/h4-5,10,12-13,15,17H,6-9,11H2,1-3H3. The fraction of sp³-hybridized carbons (Fsp3) is 0.750. The molecule has 1 aliphatic rings. The van der Waals surface area contributed by atoms with E-state index in [1.807, 2.05) is 12.1 Å². The Labute approximate surface area is 110 Å². The summed E-state index contributed by atoms with van der Waals surface area (Å²) in [6, 6.07) is 3.84. The number of furan rings is 1. The van der Waals surface area contributed by atoms with Gasteiger partial charge < -0.3 is 9.52 Å². The highest BCUT2D eigenvalue weighted by Gasteiger charge is 2.32. The van der Waals surface area contributed by atoms with Gasteiger partial charge in [-0.25, -0.2) is 0 Å². The van der Waals surface area contributed by atoms with Gasteiger partial charge in [0, 0.05) is 6.42 Å². The minimum Gasteiger partial charge on any atom is -0.469 e. The van der Waals surface area contributed by atoms with E-state index >= 15 is 0 Å². The zero-order chi connectivity index (χ0) is 13.2. The van der Waals surface area contributed by atoms with Crippen molar-refractivity contribution in [3.8, 4) is 0 Å². The van der Waals surface area contributed by atoms with E-state index in [2.05, 4.69) is 20.8 Å². The van der Waals surface area contributed by atoms with Crippen LogP contribution < -0.4 is 0 Å². The summed E-state index contributed by atoms with van der Waals surface area (Å²) >= 11 is 0. The lowest BCUT2D eigenvalue weighted by Gasteiger charge is -2.38. The highest BCUT2D eigenvalue weighted by atomic mass is 16.3. The Balaban J connectivity index is 1.82. The maximum absolute atomic E-state index is 10.3. The smallest absolute Gasteiger partial charge is 0.106 e. The molecule has 0 radical (unpaired) electrons. The molecule has 18 heavy (non-hydrogen) atoms. The summed E-state index contributed by atoms with van der Waals surface area (Å²) in [4.78, 5) is 0. The molecule has 0 aliphatic heterocycles. The van der Waals surface area contributed by atoms with Crippen LogP contribution >= 0.6 is 0 Å². The summed E-state index contributed by atoms with van der Waals surface area (Å²) in [6.07, 6.45) is 6.92. The van der Waals surface area contributed by atoms with Crippen LogP contribution in [0.15, 0.2) is 22.8 Å². The summed E-state index contributed by atoms with van der Waals surface area (Å²) in [5.74, 6) is 2.17. The van der Waals surface area contributed by atoms with Crippen molar-refractivity contribution < 1.29 is 9.52 Å². The molecule has 0 amide bonds. The van der Waals surface area contributed by atoms with Gasteiger partial charge in [0.2, 0.25) is 0 Å². The monoisotopic (exact) mass is 250 g/mol. The van der Waals surface area contributed by atoms with E-state index in [0.717, 1.165) is 24.5 Å². The van der Waals surface area contributed by atoms with Crippen molar-refractivity contribution >= 4 is 0 Å². The van der Waals surface area contributed by atoms with Crippen LogP contribution in [0.2, 0.25) is 0 Å². The van der Waals surface area contributed by atoms with Crippen molar-refractivity contribution in [2.45, 2.75) is 59.0 Å². The maximum atomic E-state index is 10.3. The van der Waals surface area contributed by atoms with Gasteiger partial charge in [0.1, 0.15) is 5.76 Å². The second-order valence-corrected chi connectivity index (χ2v) is 6.83. The molecule has 0 aromatic carbocycles. The van der Waals surface area contributed by atoms with Crippen molar-refractivity contribution in [1.82, 2.24) is 0 Å². The Morgan fingerprint density at radius 1 is 1.28 bits per heavy atom. The minimum absolute atomic E-state index is 0.239. The Kier molecular flexibility index (Phi) is 4.16. The molecule has 1 saturated carbocycles. The summed E-state index contributed by atoms with van der Waals surface area (Å²) < 4.78 is 5.31. The number of hydrogen-bond acceptors (Lipinski definition) is 2. The van der Waals surface area contributed by atoms with Gasteiger partial charge >= 0.3 is 0 Å². The lowest BCUT2D eigenvalue weighted by molar-refractivity contribution is 0.0506. The average molecular weight is 250 g/mol. The molecule has 0 saturated heterocycles. The molecule has 0 bridgehead atoms. The van der Waals surface area contributed by atoms with Gasteiger partial charge in [-0.3, -0.25) is 0 Å². The van der Waals surface area contributed by atoms with Crippen LogP contribution in [0.25, 0.3) is 0 Å². The number of rotatable bonds is 3. The van der Waals surface area contributed by atoms with Gasteiger partial charge in [0.05, 0.1) is 12.4 Å². The molecule has 1 unspecified atom stereocenters. The van der Waals surface area contributed by atoms with Crippen LogP contribution in [-0.4, -0.2) is 11.2 Å².